The molecule has 3 N–H and O–H groups in total. The molecule has 0 radical (unpaired) electrons. The Labute approximate surface area is 93.8 Å². The maximum atomic E-state index is 11.2. The highest BCUT2D eigenvalue weighted by molar-refractivity contribution is 5.79. The van der Waals surface area contributed by atoms with Crippen molar-refractivity contribution in [1.29, 1.82) is 0 Å². The van der Waals surface area contributed by atoms with E-state index >= 15 is 0 Å². The highest BCUT2D eigenvalue weighted by atomic mass is 16.5. The van der Waals surface area contributed by atoms with E-state index in [9.17, 15) is 4.79 Å². The van der Waals surface area contributed by atoms with Crippen LogP contribution in [-0.4, -0.2) is 29.5 Å². The van der Waals surface area contributed by atoms with Crippen LogP contribution in [0.1, 0.15) is 24.1 Å². The van der Waals surface area contributed by atoms with Gasteiger partial charge in [0.2, 0.25) is 0 Å². The Kier molecular flexibility index (Phi) is 3.09. The first kappa shape index (κ1) is 10.9. The number of primary amides is 1. The summed E-state index contributed by atoms with van der Waals surface area (Å²) in [5.41, 5.74) is 7.13. The number of nitrogens with two attached hydrogens (primary N) is 1. The molecule has 1 amide bonds. The summed E-state index contributed by atoms with van der Waals surface area (Å²) >= 11 is 0. The molecule has 0 atom stereocenters. The smallest absolute Gasteiger partial charge is 0.341 e. The minimum atomic E-state index is -0.562. The normalized spacial score (nSPS) is 15.1. The summed E-state index contributed by atoms with van der Waals surface area (Å²) in [5, 5.41) is 7.38. The van der Waals surface area contributed by atoms with Gasteiger partial charge in [0.05, 0.1) is 12.3 Å². The Morgan fingerprint density at radius 3 is 3.12 bits per heavy atom. The van der Waals surface area contributed by atoms with Gasteiger partial charge in [-0.2, -0.15) is 9.78 Å². The summed E-state index contributed by atoms with van der Waals surface area (Å²) in [6, 6.07) is -0.562. The summed E-state index contributed by atoms with van der Waals surface area (Å²) in [5.74, 6) is 0.733. The van der Waals surface area contributed by atoms with E-state index in [0.717, 1.165) is 42.9 Å². The predicted octanol–water partition coefficient (Wildman–Crippen LogP) is 0.704. The number of hydrogen-bond acceptors (Lipinski definition) is 4. The van der Waals surface area contributed by atoms with E-state index in [1.165, 1.54) is 4.68 Å². The second-order valence-corrected chi connectivity index (χ2v) is 3.84. The molecule has 6 heteroatoms. The SMILES string of the molecule is COCc1nn(C(N)=O)c2c1CCCCN2. The van der Waals surface area contributed by atoms with Crippen molar-refractivity contribution in [3.05, 3.63) is 11.3 Å². The lowest BCUT2D eigenvalue weighted by molar-refractivity contribution is 0.180. The molecular formula is C10H16N4O2. The van der Waals surface area contributed by atoms with Crippen molar-refractivity contribution in [1.82, 2.24) is 9.78 Å². The number of hydrogen-bond donors (Lipinski definition) is 2. The van der Waals surface area contributed by atoms with Crippen LogP contribution in [0.3, 0.4) is 0 Å². The number of anilines is 1. The van der Waals surface area contributed by atoms with E-state index in [2.05, 4.69) is 10.4 Å². The molecule has 2 rings (SSSR count). The van der Waals surface area contributed by atoms with E-state index in [1.54, 1.807) is 7.11 Å². The first-order chi connectivity index (χ1) is 7.74. The van der Waals surface area contributed by atoms with Gasteiger partial charge < -0.3 is 15.8 Å². The van der Waals surface area contributed by atoms with Crippen molar-refractivity contribution >= 4 is 11.8 Å². The topological polar surface area (TPSA) is 82.2 Å². The quantitative estimate of drug-likeness (QED) is 0.774. The zero-order valence-corrected chi connectivity index (χ0v) is 9.32. The van der Waals surface area contributed by atoms with E-state index in [-0.39, 0.29) is 0 Å². The maximum absolute atomic E-state index is 11.2. The second kappa shape index (κ2) is 4.52. The third-order valence-electron chi connectivity index (χ3n) is 2.70. The van der Waals surface area contributed by atoms with Gasteiger partial charge in [-0.25, -0.2) is 4.79 Å². The molecule has 2 heterocycles. The summed E-state index contributed by atoms with van der Waals surface area (Å²) in [7, 11) is 1.61. The van der Waals surface area contributed by atoms with Crippen LogP contribution < -0.4 is 11.1 Å². The third-order valence-corrected chi connectivity index (χ3v) is 2.70. The molecule has 0 spiro atoms. The van der Waals surface area contributed by atoms with Gasteiger partial charge >= 0.3 is 6.03 Å². The molecule has 1 aliphatic heterocycles. The van der Waals surface area contributed by atoms with E-state index in [4.69, 9.17) is 10.5 Å². The number of amides is 1. The van der Waals surface area contributed by atoms with Gasteiger partial charge in [0.15, 0.2) is 0 Å². The number of carbonyl (C=O) groups is 1. The lowest BCUT2D eigenvalue weighted by atomic mass is 10.1. The number of nitrogens with zero attached hydrogens (tertiary/aromatic N) is 2. The molecule has 0 saturated carbocycles. The average Bonchev–Trinajstić information content (AvgIpc) is 2.46. The Bertz CT molecular complexity index is 400. The fourth-order valence-corrected chi connectivity index (χ4v) is 1.99. The molecule has 0 fully saturated rings. The molecule has 0 unspecified atom stereocenters. The van der Waals surface area contributed by atoms with Crippen LogP contribution in [0.2, 0.25) is 0 Å². The van der Waals surface area contributed by atoms with Crippen molar-refractivity contribution in [3.8, 4) is 0 Å². The van der Waals surface area contributed by atoms with Gasteiger partial charge in [-0.3, -0.25) is 0 Å². The largest absolute Gasteiger partial charge is 0.378 e. The average molecular weight is 224 g/mol. The molecule has 6 nitrogen and oxygen atoms in total. The van der Waals surface area contributed by atoms with Crippen LogP contribution in [0.15, 0.2) is 0 Å². The van der Waals surface area contributed by atoms with Gasteiger partial charge in [-0.05, 0) is 19.3 Å². The Morgan fingerprint density at radius 1 is 1.62 bits per heavy atom. The van der Waals surface area contributed by atoms with E-state index in [1.807, 2.05) is 0 Å². The summed E-state index contributed by atoms with van der Waals surface area (Å²) in [6.07, 6.45) is 3.08. The molecule has 16 heavy (non-hydrogen) atoms. The number of aromatic nitrogens is 2. The fourth-order valence-electron chi connectivity index (χ4n) is 1.99. The highest BCUT2D eigenvalue weighted by Gasteiger charge is 2.21. The van der Waals surface area contributed by atoms with Gasteiger partial charge in [0.25, 0.3) is 0 Å². The van der Waals surface area contributed by atoms with Crippen LogP contribution >= 0.6 is 0 Å². The van der Waals surface area contributed by atoms with Gasteiger partial charge in [-0.1, -0.05) is 0 Å². The second-order valence-electron chi connectivity index (χ2n) is 3.84. The minimum Gasteiger partial charge on any atom is -0.378 e. The number of ether oxygens (including phenoxy) is 1. The summed E-state index contributed by atoms with van der Waals surface area (Å²) in [6.45, 7) is 1.25. The molecule has 0 saturated heterocycles. The molecule has 1 aliphatic rings. The summed E-state index contributed by atoms with van der Waals surface area (Å²) in [4.78, 5) is 11.2. The number of nitrogens with one attached hydrogen (secondary N) is 1. The first-order valence-corrected chi connectivity index (χ1v) is 5.37. The van der Waals surface area contributed by atoms with Crippen molar-refractivity contribution < 1.29 is 9.53 Å². The van der Waals surface area contributed by atoms with E-state index < -0.39 is 6.03 Å². The molecule has 0 bridgehead atoms. The molecule has 1 aromatic heterocycles. The van der Waals surface area contributed by atoms with Crippen LogP contribution in [0.4, 0.5) is 10.6 Å². The fraction of sp³-hybridized carbons (Fsp3) is 0.600. The predicted molar refractivity (Wildman–Crippen MR) is 59.3 cm³/mol. The zero-order valence-electron chi connectivity index (χ0n) is 9.32. The Balaban J connectivity index is 2.44. The number of fused-ring (bicyclic) bond motifs is 1. The number of carbonyl (C=O) groups excluding carboxylic acids is 1. The highest BCUT2D eigenvalue weighted by Crippen LogP contribution is 2.25. The van der Waals surface area contributed by atoms with E-state index in [0.29, 0.717) is 6.61 Å². The van der Waals surface area contributed by atoms with Crippen molar-refractivity contribution in [2.45, 2.75) is 25.9 Å². The van der Waals surface area contributed by atoms with Crippen molar-refractivity contribution in [2.75, 3.05) is 19.0 Å². The minimum absolute atomic E-state index is 0.407. The number of rotatable bonds is 2. The van der Waals surface area contributed by atoms with Crippen LogP contribution in [-0.2, 0) is 17.8 Å². The van der Waals surface area contributed by atoms with Crippen molar-refractivity contribution in [3.63, 3.8) is 0 Å². The molecule has 0 aromatic carbocycles. The molecule has 88 valence electrons. The van der Waals surface area contributed by atoms with Gasteiger partial charge in [0, 0.05) is 19.2 Å². The zero-order chi connectivity index (χ0) is 11.5. The lowest BCUT2D eigenvalue weighted by Gasteiger charge is -2.04. The molecule has 0 aliphatic carbocycles. The Morgan fingerprint density at radius 2 is 2.44 bits per heavy atom. The third kappa shape index (κ3) is 1.88. The van der Waals surface area contributed by atoms with Crippen molar-refractivity contribution in [2.24, 2.45) is 5.73 Å². The standard InChI is InChI=1S/C10H16N4O2/c1-16-6-8-7-4-2-3-5-12-9(7)14(13-8)10(11)15/h12H,2-6H2,1H3,(H2,11,15). The van der Waals surface area contributed by atoms with Crippen LogP contribution in [0, 0.1) is 0 Å². The lowest BCUT2D eigenvalue weighted by Crippen LogP contribution is -2.23. The molecular weight excluding hydrogens is 208 g/mol. The molecule has 1 aromatic rings. The Hall–Kier alpha value is -1.56. The van der Waals surface area contributed by atoms with Crippen LogP contribution in [0.5, 0.6) is 0 Å². The van der Waals surface area contributed by atoms with Gasteiger partial charge in [0.1, 0.15) is 5.82 Å². The van der Waals surface area contributed by atoms with Gasteiger partial charge in [-0.15, -0.1) is 0 Å². The summed E-state index contributed by atoms with van der Waals surface area (Å²) < 4.78 is 6.30. The number of methoxy groups -OCH3 is 1. The first-order valence-electron chi connectivity index (χ1n) is 5.37. The maximum Gasteiger partial charge on any atom is 0.341 e. The monoisotopic (exact) mass is 224 g/mol. The van der Waals surface area contributed by atoms with Crippen LogP contribution in [0.25, 0.3) is 0 Å².